The van der Waals surface area contributed by atoms with Gasteiger partial charge in [0.1, 0.15) is 5.75 Å². The van der Waals surface area contributed by atoms with Crippen LogP contribution in [0.1, 0.15) is 45.6 Å². The van der Waals surface area contributed by atoms with Gasteiger partial charge in [-0.25, -0.2) is 0 Å². The smallest absolute Gasteiger partial charge is 0.220 e. The van der Waals surface area contributed by atoms with Gasteiger partial charge >= 0.3 is 0 Å². The lowest BCUT2D eigenvalue weighted by molar-refractivity contribution is -0.121. The van der Waals surface area contributed by atoms with Gasteiger partial charge in [-0.3, -0.25) is 4.79 Å². The molecule has 0 aromatic heterocycles. The number of amides is 1. The summed E-state index contributed by atoms with van der Waals surface area (Å²) in [6.07, 6.45) is 3.17. The quantitative estimate of drug-likeness (QED) is 0.687. The molecule has 0 spiro atoms. The first-order chi connectivity index (χ1) is 10.0. The number of nitrogen functional groups attached to an aromatic ring is 1. The van der Waals surface area contributed by atoms with Gasteiger partial charge in [-0.05, 0) is 42.9 Å². The van der Waals surface area contributed by atoms with Crippen LogP contribution in [0.3, 0.4) is 0 Å². The minimum Gasteiger partial charge on any atom is -0.491 e. The molecular formula is C17H28N2O2. The van der Waals surface area contributed by atoms with E-state index in [4.69, 9.17) is 10.5 Å². The summed E-state index contributed by atoms with van der Waals surface area (Å²) in [6.45, 7) is 7.79. The SMILES string of the molecule is CCCNC(=O)CCc1ccc(OCCC(C)C)c(N)c1. The number of hydrogen-bond donors (Lipinski definition) is 2. The molecule has 4 nitrogen and oxygen atoms in total. The Hall–Kier alpha value is -1.71. The van der Waals surface area contributed by atoms with Crippen LogP contribution in [0.4, 0.5) is 5.69 Å². The standard InChI is InChI=1S/C17H28N2O2/c1-4-10-19-17(20)8-6-14-5-7-16(15(18)12-14)21-11-9-13(2)3/h5,7,12-13H,4,6,8-11,18H2,1-3H3,(H,19,20). The fraction of sp³-hybridized carbons (Fsp3) is 0.588. The van der Waals surface area contributed by atoms with Crippen LogP contribution in [0.5, 0.6) is 5.75 Å². The molecule has 1 aromatic rings. The highest BCUT2D eigenvalue weighted by molar-refractivity contribution is 5.76. The van der Waals surface area contributed by atoms with Crippen molar-refractivity contribution < 1.29 is 9.53 Å². The number of aryl methyl sites for hydroxylation is 1. The molecule has 4 heteroatoms. The van der Waals surface area contributed by atoms with E-state index in [9.17, 15) is 4.79 Å². The molecule has 21 heavy (non-hydrogen) atoms. The number of hydrogen-bond acceptors (Lipinski definition) is 3. The van der Waals surface area contributed by atoms with Crippen LogP contribution in [-0.4, -0.2) is 19.1 Å². The fourth-order valence-electron chi connectivity index (χ4n) is 1.90. The lowest BCUT2D eigenvalue weighted by Crippen LogP contribution is -2.24. The first-order valence-corrected chi connectivity index (χ1v) is 7.80. The topological polar surface area (TPSA) is 64.3 Å². The summed E-state index contributed by atoms with van der Waals surface area (Å²) in [4.78, 5) is 11.6. The average molecular weight is 292 g/mol. The number of benzene rings is 1. The van der Waals surface area contributed by atoms with Crippen molar-refractivity contribution in [1.82, 2.24) is 5.32 Å². The van der Waals surface area contributed by atoms with Gasteiger partial charge in [0.15, 0.2) is 0 Å². The van der Waals surface area contributed by atoms with Gasteiger partial charge in [0.2, 0.25) is 5.91 Å². The van der Waals surface area contributed by atoms with E-state index in [0.717, 1.165) is 30.7 Å². The number of carbonyl (C=O) groups excluding carboxylic acids is 1. The molecule has 0 saturated carbocycles. The molecule has 0 heterocycles. The summed E-state index contributed by atoms with van der Waals surface area (Å²) >= 11 is 0. The van der Waals surface area contributed by atoms with Gasteiger partial charge in [0.25, 0.3) is 0 Å². The Morgan fingerprint density at radius 3 is 2.76 bits per heavy atom. The highest BCUT2D eigenvalue weighted by Crippen LogP contribution is 2.23. The largest absolute Gasteiger partial charge is 0.491 e. The second-order valence-electron chi connectivity index (χ2n) is 5.75. The molecule has 1 rings (SSSR count). The van der Waals surface area contributed by atoms with Crippen molar-refractivity contribution in [3.63, 3.8) is 0 Å². The van der Waals surface area contributed by atoms with E-state index in [0.29, 0.717) is 31.1 Å². The van der Waals surface area contributed by atoms with Gasteiger partial charge in [-0.15, -0.1) is 0 Å². The number of ether oxygens (including phenoxy) is 1. The minimum atomic E-state index is 0.0904. The number of nitrogens with one attached hydrogen (secondary N) is 1. The van der Waals surface area contributed by atoms with Gasteiger partial charge in [0, 0.05) is 13.0 Å². The Bertz CT molecular complexity index is 444. The Kier molecular flexibility index (Phi) is 7.65. The number of anilines is 1. The third-order valence-electron chi connectivity index (χ3n) is 3.24. The van der Waals surface area contributed by atoms with Gasteiger partial charge in [-0.1, -0.05) is 26.8 Å². The number of nitrogens with two attached hydrogens (primary N) is 1. The van der Waals surface area contributed by atoms with E-state index < -0.39 is 0 Å². The van der Waals surface area contributed by atoms with E-state index >= 15 is 0 Å². The lowest BCUT2D eigenvalue weighted by atomic mass is 10.1. The van der Waals surface area contributed by atoms with Crippen LogP contribution in [0.15, 0.2) is 18.2 Å². The maximum atomic E-state index is 11.6. The Morgan fingerprint density at radius 1 is 1.38 bits per heavy atom. The Balaban J connectivity index is 2.44. The molecule has 1 amide bonds. The van der Waals surface area contributed by atoms with E-state index in [1.165, 1.54) is 0 Å². The van der Waals surface area contributed by atoms with E-state index in [1.54, 1.807) is 0 Å². The lowest BCUT2D eigenvalue weighted by Gasteiger charge is -2.11. The molecule has 0 saturated heterocycles. The third-order valence-corrected chi connectivity index (χ3v) is 3.24. The third kappa shape index (κ3) is 7.02. The molecule has 0 aliphatic carbocycles. The van der Waals surface area contributed by atoms with Crippen LogP contribution >= 0.6 is 0 Å². The first-order valence-electron chi connectivity index (χ1n) is 7.80. The molecule has 1 aromatic carbocycles. The molecule has 0 atom stereocenters. The zero-order valence-electron chi connectivity index (χ0n) is 13.4. The number of carbonyl (C=O) groups is 1. The van der Waals surface area contributed by atoms with Crippen LogP contribution in [0.25, 0.3) is 0 Å². The second kappa shape index (κ2) is 9.27. The van der Waals surface area contributed by atoms with Gasteiger partial charge < -0.3 is 15.8 Å². The van der Waals surface area contributed by atoms with Crippen molar-refractivity contribution in [2.75, 3.05) is 18.9 Å². The zero-order valence-corrected chi connectivity index (χ0v) is 13.4. The molecule has 0 fully saturated rings. The average Bonchev–Trinajstić information content (AvgIpc) is 2.44. The highest BCUT2D eigenvalue weighted by atomic mass is 16.5. The Morgan fingerprint density at radius 2 is 2.14 bits per heavy atom. The monoisotopic (exact) mass is 292 g/mol. The molecule has 0 bridgehead atoms. The summed E-state index contributed by atoms with van der Waals surface area (Å²) in [7, 11) is 0. The molecule has 3 N–H and O–H groups in total. The molecule has 0 radical (unpaired) electrons. The summed E-state index contributed by atoms with van der Waals surface area (Å²) in [5.74, 6) is 1.44. The van der Waals surface area contributed by atoms with Crippen molar-refractivity contribution in [3.05, 3.63) is 23.8 Å². The summed E-state index contributed by atoms with van der Waals surface area (Å²) in [5, 5.41) is 2.87. The van der Waals surface area contributed by atoms with Crippen molar-refractivity contribution in [1.29, 1.82) is 0 Å². The molecule has 0 unspecified atom stereocenters. The van der Waals surface area contributed by atoms with E-state index in [-0.39, 0.29) is 5.91 Å². The second-order valence-corrected chi connectivity index (χ2v) is 5.75. The van der Waals surface area contributed by atoms with Crippen molar-refractivity contribution in [2.24, 2.45) is 5.92 Å². The van der Waals surface area contributed by atoms with Crippen LogP contribution in [0, 0.1) is 5.92 Å². The highest BCUT2D eigenvalue weighted by Gasteiger charge is 2.05. The van der Waals surface area contributed by atoms with Gasteiger partial charge in [0.05, 0.1) is 12.3 Å². The van der Waals surface area contributed by atoms with Crippen LogP contribution < -0.4 is 15.8 Å². The molecule has 0 aliphatic heterocycles. The van der Waals surface area contributed by atoms with Crippen molar-refractivity contribution in [3.8, 4) is 5.75 Å². The Labute approximate surface area is 128 Å². The summed E-state index contributed by atoms with van der Waals surface area (Å²) < 4.78 is 5.68. The van der Waals surface area contributed by atoms with Crippen molar-refractivity contribution >= 4 is 11.6 Å². The fourth-order valence-corrected chi connectivity index (χ4v) is 1.90. The molecule has 118 valence electrons. The van der Waals surface area contributed by atoms with Crippen molar-refractivity contribution in [2.45, 2.75) is 46.5 Å². The summed E-state index contributed by atoms with van der Waals surface area (Å²) in [6, 6.07) is 5.78. The normalized spacial score (nSPS) is 10.7. The van der Waals surface area contributed by atoms with E-state index in [1.807, 2.05) is 25.1 Å². The maximum Gasteiger partial charge on any atom is 0.220 e. The molecule has 0 aliphatic rings. The van der Waals surface area contributed by atoms with E-state index in [2.05, 4.69) is 19.2 Å². The minimum absolute atomic E-state index is 0.0904. The summed E-state index contributed by atoms with van der Waals surface area (Å²) in [5.41, 5.74) is 7.71. The van der Waals surface area contributed by atoms with Gasteiger partial charge in [-0.2, -0.15) is 0 Å². The molecular weight excluding hydrogens is 264 g/mol. The number of rotatable bonds is 9. The predicted octanol–water partition coefficient (Wildman–Crippen LogP) is 3.15. The predicted molar refractivity (Wildman–Crippen MR) is 87.4 cm³/mol. The zero-order chi connectivity index (χ0) is 15.7. The first kappa shape index (κ1) is 17.3. The maximum absolute atomic E-state index is 11.6. The van der Waals surface area contributed by atoms with Crippen LogP contribution in [0.2, 0.25) is 0 Å². The van der Waals surface area contributed by atoms with Crippen LogP contribution in [-0.2, 0) is 11.2 Å².